The molecule has 1 atom stereocenters. The number of amides is 1. The molecule has 140 valence electrons. The number of methoxy groups -OCH3 is 1. The van der Waals surface area contributed by atoms with Crippen LogP contribution in [-0.2, 0) is 32.0 Å². The van der Waals surface area contributed by atoms with Gasteiger partial charge in [-0.25, -0.2) is 9.59 Å². The van der Waals surface area contributed by atoms with E-state index in [4.69, 9.17) is 14.2 Å². The van der Waals surface area contributed by atoms with Gasteiger partial charge in [-0.2, -0.15) is 0 Å². The molecule has 0 aromatic heterocycles. The van der Waals surface area contributed by atoms with E-state index in [0.717, 1.165) is 11.1 Å². The van der Waals surface area contributed by atoms with Crippen LogP contribution in [0.25, 0.3) is 0 Å². The maximum absolute atomic E-state index is 11.9. The molecule has 0 aliphatic heterocycles. The van der Waals surface area contributed by atoms with Crippen LogP contribution in [0.4, 0.5) is 4.79 Å². The second-order valence-electron chi connectivity index (χ2n) is 7.08. The normalized spacial score (nSPS) is 12.6. The highest BCUT2D eigenvalue weighted by molar-refractivity contribution is 5.75. The Labute approximate surface area is 149 Å². The fraction of sp³-hybridized carbons (Fsp3) is 0.579. The minimum absolute atomic E-state index is 0.0823. The molecular weight excluding hydrogens is 322 g/mol. The number of benzene rings is 1. The van der Waals surface area contributed by atoms with Crippen LogP contribution in [0, 0.1) is 0 Å². The monoisotopic (exact) mass is 351 g/mol. The fourth-order valence-corrected chi connectivity index (χ4v) is 2.22. The van der Waals surface area contributed by atoms with Gasteiger partial charge in [0.25, 0.3) is 0 Å². The van der Waals surface area contributed by atoms with Crippen LogP contribution in [0.2, 0.25) is 0 Å². The highest BCUT2D eigenvalue weighted by Gasteiger charge is 2.22. The van der Waals surface area contributed by atoms with Crippen molar-refractivity contribution in [3.05, 3.63) is 35.4 Å². The standard InChI is InChI=1S/C19H29NO5/c1-13(2)24-16(17(21)23-6)11-14-8-7-9-15(10-14)12-20-18(22)25-19(3,4)5/h7-10,13,16H,11-12H2,1-6H3,(H,20,22). The van der Waals surface area contributed by atoms with Gasteiger partial charge in [0.2, 0.25) is 0 Å². The largest absolute Gasteiger partial charge is 0.467 e. The van der Waals surface area contributed by atoms with E-state index in [9.17, 15) is 9.59 Å². The van der Waals surface area contributed by atoms with Gasteiger partial charge >= 0.3 is 12.1 Å². The van der Waals surface area contributed by atoms with Gasteiger partial charge in [0, 0.05) is 13.0 Å². The zero-order valence-corrected chi connectivity index (χ0v) is 15.9. The molecule has 0 fully saturated rings. The van der Waals surface area contributed by atoms with Crippen molar-refractivity contribution in [1.29, 1.82) is 0 Å². The molecule has 1 N–H and O–H groups in total. The Hall–Kier alpha value is -2.08. The summed E-state index contributed by atoms with van der Waals surface area (Å²) < 4.78 is 15.7. The van der Waals surface area contributed by atoms with Gasteiger partial charge in [-0.1, -0.05) is 24.3 Å². The van der Waals surface area contributed by atoms with Crippen molar-refractivity contribution < 1.29 is 23.8 Å². The minimum atomic E-state index is -0.654. The Kier molecular flexibility index (Phi) is 7.90. The Bertz CT molecular complexity index is 577. The highest BCUT2D eigenvalue weighted by atomic mass is 16.6. The summed E-state index contributed by atoms with van der Waals surface area (Å²) in [6.07, 6.45) is -0.792. The minimum Gasteiger partial charge on any atom is -0.467 e. The van der Waals surface area contributed by atoms with Crippen molar-refractivity contribution >= 4 is 12.1 Å². The molecule has 0 saturated carbocycles. The van der Waals surface area contributed by atoms with E-state index in [0.29, 0.717) is 13.0 Å². The predicted octanol–water partition coefficient (Wildman–Crippen LogP) is 3.22. The average molecular weight is 351 g/mol. The molecule has 0 heterocycles. The molecule has 1 aromatic carbocycles. The summed E-state index contributed by atoms with van der Waals surface area (Å²) in [4.78, 5) is 23.6. The number of ether oxygens (including phenoxy) is 3. The first kappa shape index (κ1) is 21.0. The Balaban J connectivity index is 2.70. The van der Waals surface area contributed by atoms with Gasteiger partial charge in [0.15, 0.2) is 6.10 Å². The highest BCUT2D eigenvalue weighted by Crippen LogP contribution is 2.13. The summed E-state index contributed by atoms with van der Waals surface area (Å²) in [5.74, 6) is -0.397. The molecule has 0 spiro atoms. The number of carbonyl (C=O) groups is 2. The zero-order valence-electron chi connectivity index (χ0n) is 15.9. The van der Waals surface area contributed by atoms with Crippen molar-refractivity contribution in [3.63, 3.8) is 0 Å². The van der Waals surface area contributed by atoms with E-state index in [1.807, 2.05) is 58.9 Å². The smallest absolute Gasteiger partial charge is 0.407 e. The first-order valence-corrected chi connectivity index (χ1v) is 8.38. The number of rotatable bonds is 7. The second kappa shape index (κ2) is 9.42. The molecule has 0 aliphatic carbocycles. The molecule has 6 nitrogen and oxygen atoms in total. The fourth-order valence-electron chi connectivity index (χ4n) is 2.22. The summed E-state index contributed by atoms with van der Waals surface area (Å²) in [6.45, 7) is 9.53. The molecule has 6 heteroatoms. The van der Waals surface area contributed by atoms with Gasteiger partial charge in [-0.15, -0.1) is 0 Å². The van der Waals surface area contributed by atoms with Crippen LogP contribution in [-0.4, -0.2) is 37.0 Å². The molecule has 0 saturated heterocycles. The Morgan fingerprint density at radius 3 is 2.36 bits per heavy atom. The van der Waals surface area contributed by atoms with Crippen LogP contribution in [0.3, 0.4) is 0 Å². The third kappa shape index (κ3) is 8.54. The van der Waals surface area contributed by atoms with E-state index >= 15 is 0 Å². The predicted molar refractivity (Wildman–Crippen MR) is 95.2 cm³/mol. The summed E-state index contributed by atoms with van der Waals surface area (Å²) in [6, 6.07) is 7.62. The van der Waals surface area contributed by atoms with E-state index in [1.165, 1.54) is 7.11 Å². The molecule has 1 aromatic rings. The van der Waals surface area contributed by atoms with Gasteiger partial charge in [-0.05, 0) is 45.7 Å². The summed E-state index contributed by atoms with van der Waals surface area (Å²) in [7, 11) is 1.35. The van der Waals surface area contributed by atoms with Crippen molar-refractivity contribution in [2.45, 2.75) is 65.4 Å². The zero-order chi connectivity index (χ0) is 19.0. The number of esters is 1. The van der Waals surface area contributed by atoms with Crippen LogP contribution in [0.15, 0.2) is 24.3 Å². The molecule has 25 heavy (non-hydrogen) atoms. The van der Waals surface area contributed by atoms with Gasteiger partial charge in [-0.3, -0.25) is 0 Å². The Morgan fingerprint density at radius 2 is 1.80 bits per heavy atom. The number of alkyl carbamates (subject to hydrolysis) is 1. The average Bonchev–Trinajstić information content (AvgIpc) is 2.50. The molecule has 1 amide bonds. The van der Waals surface area contributed by atoms with E-state index in [2.05, 4.69) is 5.32 Å². The van der Waals surface area contributed by atoms with Gasteiger partial charge in [0.05, 0.1) is 13.2 Å². The number of hydrogen-bond acceptors (Lipinski definition) is 5. The lowest BCUT2D eigenvalue weighted by Crippen LogP contribution is -2.32. The maximum Gasteiger partial charge on any atom is 0.407 e. The molecule has 0 aliphatic rings. The molecule has 1 unspecified atom stereocenters. The lowest BCUT2D eigenvalue weighted by atomic mass is 10.0. The van der Waals surface area contributed by atoms with Crippen molar-refractivity contribution in [2.24, 2.45) is 0 Å². The van der Waals surface area contributed by atoms with E-state index in [1.54, 1.807) is 0 Å². The van der Waals surface area contributed by atoms with E-state index < -0.39 is 23.8 Å². The van der Waals surface area contributed by atoms with Crippen LogP contribution >= 0.6 is 0 Å². The van der Waals surface area contributed by atoms with Crippen LogP contribution < -0.4 is 5.32 Å². The first-order valence-electron chi connectivity index (χ1n) is 8.38. The lowest BCUT2D eigenvalue weighted by molar-refractivity contribution is -0.156. The molecule has 0 bridgehead atoms. The third-order valence-electron chi connectivity index (χ3n) is 3.15. The maximum atomic E-state index is 11.9. The van der Waals surface area contributed by atoms with Crippen molar-refractivity contribution in [1.82, 2.24) is 5.32 Å². The summed E-state index contributed by atoms with van der Waals surface area (Å²) >= 11 is 0. The van der Waals surface area contributed by atoms with Gasteiger partial charge in [0.1, 0.15) is 5.60 Å². The SMILES string of the molecule is COC(=O)C(Cc1cccc(CNC(=O)OC(C)(C)C)c1)OC(C)C. The number of nitrogens with one attached hydrogen (secondary N) is 1. The quantitative estimate of drug-likeness (QED) is 0.764. The molecule has 1 rings (SSSR count). The summed E-state index contributed by atoms with van der Waals surface area (Å²) in [5.41, 5.74) is 1.31. The van der Waals surface area contributed by atoms with Crippen molar-refractivity contribution in [2.75, 3.05) is 7.11 Å². The lowest BCUT2D eigenvalue weighted by Gasteiger charge is -2.20. The van der Waals surface area contributed by atoms with Crippen LogP contribution in [0.5, 0.6) is 0 Å². The van der Waals surface area contributed by atoms with Crippen molar-refractivity contribution in [3.8, 4) is 0 Å². The first-order chi connectivity index (χ1) is 11.6. The Morgan fingerprint density at radius 1 is 1.16 bits per heavy atom. The molecular formula is C19H29NO5. The van der Waals surface area contributed by atoms with E-state index in [-0.39, 0.29) is 6.10 Å². The second-order valence-corrected chi connectivity index (χ2v) is 7.08. The number of hydrogen-bond donors (Lipinski definition) is 1. The van der Waals surface area contributed by atoms with Gasteiger partial charge < -0.3 is 19.5 Å². The summed E-state index contributed by atoms with van der Waals surface area (Å²) in [5, 5.41) is 2.72. The number of carbonyl (C=O) groups excluding carboxylic acids is 2. The van der Waals surface area contributed by atoms with Crippen LogP contribution in [0.1, 0.15) is 45.7 Å². The topological polar surface area (TPSA) is 73.9 Å². The molecule has 0 radical (unpaired) electrons. The third-order valence-corrected chi connectivity index (χ3v) is 3.15.